The van der Waals surface area contributed by atoms with E-state index in [0.29, 0.717) is 10.0 Å². The van der Waals surface area contributed by atoms with Gasteiger partial charge in [0.05, 0.1) is 19.1 Å². The van der Waals surface area contributed by atoms with Crippen molar-refractivity contribution in [3.8, 4) is 0 Å². The minimum atomic E-state index is -0.741. The van der Waals surface area contributed by atoms with Gasteiger partial charge in [-0.05, 0) is 23.8 Å². The Morgan fingerprint density at radius 1 is 1.61 bits per heavy atom. The van der Waals surface area contributed by atoms with E-state index in [0.717, 1.165) is 0 Å². The van der Waals surface area contributed by atoms with Gasteiger partial charge in [-0.1, -0.05) is 15.9 Å². The number of ether oxygens (including phenoxy) is 1. The number of carbonyl (C=O) groups is 1. The molecule has 0 bridgehead atoms. The highest BCUT2D eigenvalue weighted by molar-refractivity contribution is 9.10. The van der Waals surface area contributed by atoms with Gasteiger partial charge in [-0.2, -0.15) is 0 Å². The Balaban J connectivity index is 2.47. The molecule has 0 radical (unpaired) electrons. The number of benzene rings is 1. The van der Waals surface area contributed by atoms with E-state index in [1.165, 1.54) is 19.2 Å². The minimum Gasteiger partial charge on any atom is -0.389 e. The monoisotopic (exact) mass is 319 g/mol. The second-order valence-electron chi connectivity index (χ2n) is 3.83. The number of carbonyl (C=O) groups excluding carboxylic acids is 1. The third-order valence-corrected chi connectivity index (χ3v) is 3.03. The zero-order valence-electron chi connectivity index (χ0n) is 9.95. The lowest BCUT2D eigenvalue weighted by Crippen LogP contribution is -2.35. The fourth-order valence-corrected chi connectivity index (χ4v) is 1.78. The maximum Gasteiger partial charge on any atom is 0.224 e. The van der Waals surface area contributed by atoms with Crippen molar-refractivity contribution in [3.63, 3.8) is 0 Å². The number of amides is 1. The second-order valence-corrected chi connectivity index (χ2v) is 4.68. The summed E-state index contributed by atoms with van der Waals surface area (Å²) >= 11 is 3.25. The highest BCUT2D eigenvalue weighted by atomic mass is 79.9. The number of rotatable bonds is 6. The van der Waals surface area contributed by atoms with Crippen LogP contribution in [0.3, 0.4) is 0 Å². The maximum absolute atomic E-state index is 13.0. The number of nitrogens with one attached hydrogen (secondary N) is 1. The van der Waals surface area contributed by atoms with Gasteiger partial charge in [0.25, 0.3) is 0 Å². The first kappa shape index (κ1) is 15.1. The third-order valence-electron chi connectivity index (χ3n) is 2.25. The van der Waals surface area contributed by atoms with Gasteiger partial charge in [0, 0.05) is 18.1 Å². The van der Waals surface area contributed by atoms with Crippen LogP contribution in [0.15, 0.2) is 22.7 Å². The molecule has 0 saturated heterocycles. The van der Waals surface area contributed by atoms with Gasteiger partial charge in [0.1, 0.15) is 5.82 Å². The normalized spacial score (nSPS) is 12.2. The molecule has 2 N–H and O–H groups in total. The van der Waals surface area contributed by atoms with Gasteiger partial charge < -0.3 is 15.2 Å². The summed E-state index contributed by atoms with van der Waals surface area (Å²) in [5.74, 6) is -0.670. The standard InChI is InChI=1S/C12H15BrFNO3/c1-18-7-10(16)6-15-12(17)5-8-4-9(14)2-3-11(8)13/h2-4,10,16H,5-7H2,1H3,(H,15,17). The molecule has 0 spiro atoms. The van der Waals surface area contributed by atoms with E-state index in [4.69, 9.17) is 4.74 Å². The van der Waals surface area contributed by atoms with Crippen LogP contribution in [0.5, 0.6) is 0 Å². The molecule has 0 aliphatic heterocycles. The molecule has 4 nitrogen and oxygen atoms in total. The summed E-state index contributed by atoms with van der Waals surface area (Å²) in [4.78, 5) is 11.6. The average Bonchev–Trinajstić information content (AvgIpc) is 2.32. The van der Waals surface area contributed by atoms with Gasteiger partial charge in [-0.15, -0.1) is 0 Å². The smallest absolute Gasteiger partial charge is 0.224 e. The number of halogens is 2. The molecule has 100 valence electrons. The van der Waals surface area contributed by atoms with Gasteiger partial charge in [0.15, 0.2) is 0 Å². The van der Waals surface area contributed by atoms with Crippen LogP contribution in [0.1, 0.15) is 5.56 Å². The van der Waals surface area contributed by atoms with Crippen molar-refractivity contribution >= 4 is 21.8 Å². The van der Waals surface area contributed by atoms with Crippen LogP contribution in [0.4, 0.5) is 4.39 Å². The van der Waals surface area contributed by atoms with E-state index in [2.05, 4.69) is 21.2 Å². The largest absolute Gasteiger partial charge is 0.389 e. The SMILES string of the molecule is COCC(O)CNC(=O)Cc1cc(F)ccc1Br. The van der Waals surface area contributed by atoms with Crippen LogP contribution >= 0.6 is 15.9 Å². The highest BCUT2D eigenvalue weighted by Gasteiger charge is 2.10. The molecule has 1 unspecified atom stereocenters. The molecule has 0 aromatic heterocycles. The molecule has 0 heterocycles. The van der Waals surface area contributed by atoms with Crippen molar-refractivity contribution < 1.29 is 19.0 Å². The average molecular weight is 320 g/mol. The van der Waals surface area contributed by atoms with Crippen LogP contribution in [0.2, 0.25) is 0 Å². The molecule has 0 aliphatic carbocycles. The van der Waals surface area contributed by atoms with Crippen molar-refractivity contribution in [2.24, 2.45) is 0 Å². The number of hydrogen-bond acceptors (Lipinski definition) is 3. The second kappa shape index (κ2) is 7.45. The zero-order chi connectivity index (χ0) is 13.5. The lowest BCUT2D eigenvalue weighted by Gasteiger charge is -2.11. The van der Waals surface area contributed by atoms with Crippen LogP contribution in [-0.4, -0.2) is 37.4 Å². The molecular formula is C12H15BrFNO3. The summed E-state index contributed by atoms with van der Waals surface area (Å²) in [5.41, 5.74) is 0.564. The summed E-state index contributed by atoms with van der Waals surface area (Å²) in [6, 6.07) is 4.17. The number of aliphatic hydroxyl groups excluding tert-OH is 1. The van der Waals surface area contributed by atoms with Crippen LogP contribution in [-0.2, 0) is 16.0 Å². The van der Waals surface area contributed by atoms with Crippen molar-refractivity contribution in [2.75, 3.05) is 20.3 Å². The molecule has 1 aromatic carbocycles. The number of aliphatic hydroxyl groups is 1. The lowest BCUT2D eigenvalue weighted by molar-refractivity contribution is -0.121. The molecule has 1 atom stereocenters. The Morgan fingerprint density at radius 3 is 3.00 bits per heavy atom. The van der Waals surface area contributed by atoms with Gasteiger partial charge in [-0.3, -0.25) is 4.79 Å². The first-order valence-corrected chi connectivity index (χ1v) is 6.20. The van der Waals surface area contributed by atoms with Crippen LogP contribution in [0.25, 0.3) is 0 Å². The van der Waals surface area contributed by atoms with Crippen molar-refractivity contribution in [1.82, 2.24) is 5.32 Å². The quantitative estimate of drug-likeness (QED) is 0.829. The fraction of sp³-hybridized carbons (Fsp3) is 0.417. The zero-order valence-corrected chi connectivity index (χ0v) is 11.5. The van der Waals surface area contributed by atoms with E-state index in [9.17, 15) is 14.3 Å². The van der Waals surface area contributed by atoms with E-state index >= 15 is 0 Å². The van der Waals surface area contributed by atoms with Crippen LogP contribution in [0, 0.1) is 5.82 Å². The van der Waals surface area contributed by atoms with Crippen molar-refractivity contribution in [3.05, 3.63) is 34.1 Å². The Bertz CT molecular complexity index is 414. The first-order chi connectivity index (χ1) is 8.52. The van der Waals surface area contributed by atoms with Crippen LogP contribution < -0.4 is 5.32 Å². The molecule has 1 amide bonds. The van der Waals surface area contributed by atoms with Gasteiger partial charge in [-0.25, -0.2) is 4.39 Å². The van der Waals surface area contributed by atoms with E-state index < -0.39 is 6.10 Å². The van der Waals surface area contributed by atoms with E-state index in [-0.39, 0.29) is 31.3 Å². The predicted octanol–water partition coefficient (Wildman–Crippen LogP) is 1.25. The molecule has 1 rings (SSSR count). The summed E-state index contributed by atoms with van der Waals surface area (Å²) in [5, 5.41) is 11.9. The summed E-state index contributed by atoms with van der Waals surface area (Å²) in [6.07, 6.45) is -0.687. The van der Waals surface area contributed by atoms with E-state index in [1.807, 2.05) is 0 Å². The Kier molecular flexibility index (Phi) is 6.24. The molecule has 0 aliphatic rings. The summed E-state index contributed by atoms with van der Waals surface area (Å²) in [7, 11) is 1.47. The third kappa shape index (κ3) is 5.12. The predicted molar refractivity (Wildman–Crippen MR) is 68.7 cm³/mol. The highest BCUT2D eigenvalue weighted by Crippen LogP contribution is 2.18. The molecule has 18 heavy (non-hydrogen) atoms. The molecule has 6 heteroatoms. The lowest BCUT2D eigenvalue weighted by atomic mass is 10.1. The maximum atomic E-state index is 13.0. The van der Waals surface area contributed by atoms with Crippen molar-refractivity contribution in [2.45, 2.75) is 12.5 Å². The Hall–Kier alpha value is -0.980. The van der Waals surface area contributed by atoms with E-state index in [1.54, 1.807) is 6.07 Å². The number of hydrogen-bond donors (Lipinski definition) is 2. The topological polar surface area (TPSA) is 58.6 Å². The Labute approximate surface area is 113 Å². The van der Waals surface area contributed by atoms with Gasteiger partial charge >= 0.3 is 0 Å². The first-order valence-electron chi connectivity index (χ1n) is 5.40. The summed E-state index contributed by atoms with van der Waals surface area (Å²) < 4.78 is 18.4. The molecule has 1 aromatic rings. The summed E-state index contributed by atoms with van der Waals surface area (Å²) in [6.45, 7) is 0.267. The van der Waals surface area contributed by atoms with Gasteiger partial charge in [0.2, 0.25) is 5.91 Å². The molecular weight excluding hydrogens is 305 g/mol. The van der Waals surface area contributed by atoms with Crippen molar-refractivity contribution in [1.29, 1.82) is 0 Å². The molecule has 0 fully saturated rings. The Morgan fingerprint density at radius 2 is 2.33 bits per heavy atom. The fourth-order valence-electron chi connectivity index (χ4n) is 1.40. The minimum absolute atomic E-state index is 0.0536. The number of methoxy groups -OCH3 is 1. The molecule has 0 saturated carbocycles.